The van der Waals surface area contributed by atoms with Crippen LogP contribution in [0.2, 0.25) is 0 Å². The molecule has 0 saturated carbocycles. The van der Waals surface area contributed by atoms with E-state index in [9.17, 15) is 8.42 Å². The zero-order chi connectivity index (χ0) is 15.5. The first kappa shape index (κ1) is 16.5. The third-order valence-electron chi connectivity index (χ3n) is 4.51. The van der Waals surface area contributed by atoms with E-state index in [-0.39, 0.29) is 11.9 Å². The van der Waals surface area contributed by atoms with Gasteiger partial charge in [0.2, 0.25) is 10.0 Å². The number of hydrogen-bond acceptors (Lipinski definition) is 5. The molecule has 0 aromatic rings. The molecule has 2 unspecified atom stereocenters. The van der Waals surface area contributed by atoms with Crippen molar-refractivity contribution in [2.45, 2.75) is 38.1 Å². The van der Waals surface area contributed by atoms with E-state index in [1.165, 1.54) is 6.26 Å². The quantitative estimate of drug-likeness (QED) is 0.335. The fourth-order valence-electron chi connectivity index (χ4n) is 3.42. The molecule has 0 aromatic carbocycles. The lowest BCUT2D eigenvalue weighted by molar-refractivity contribution is 0.133. The molecule has 0 aromatic heterocycles. The predicted molar refractivity (Wildman–Crippen MR) is 81.8 cm³/mol. The van der Waals surface area contributed by atoms with Crippen molar-refractivity contribution in [2.75, 3.05) is 32.4 Å². The number of amidine groups is 1. The van der Waals surface area contributed by atoms with Gasteiger partial charge in [-0.25, -0.2) is 12.7 Å². The summed E-state index contributed by atoms with van der Waals surface area (Å²) in [5.41, 5.74) is 5.79. The van der Waals surface area contributed by atoms with Gasteiger partial charge in [0.1, 0.15) is 0 Å². The SMILES string of the molecule is CS(=O)(=O)N1CCCC(CN2CCCCC2C(N)=NO)C1. The smallest absolute Gasteiger partial charge is 0.211 e. The predicted octanol–water partition coefficient (Wildman–Crippen LogP) is 0.259. The summed E-state index contributed by atoms with van der Waals surface area (Å²) < 4.78 is 24.9. The molecule has 21 heavy (non-hydrogen) atoms. The van der Waals surface area contributed by atoms with Crippen molar-refractivity contribution >= 4 is 15.9 Å². The molecule has 2 aliphatic rings. The monoisotopic (exact) mass is 318 g/mol. The third kappa shape index (κ3) is 4.31. The topological polar surface area (TPSA) is 99.2 Å². The summed E-state index contributed by atoms with van der Waals surface area (Å²) in [4.78, 5) is 2.25. The van der Waals surface area contributed by atoms with Crippen LogP contribution in [0.4, 0.5) is 0 Å². The number of oxime groups is 1. The Kier molecular flexibility index (Phi) is 5.45. The Morgan fingerprint density at radius 3 is 2.71 bits per heavy atom. The fraction of sp³-hybridized carbons (Fsp3) is 0.923. The highest BCUT2D eigenvalue weighted by Gasteiger charge is 2.31. The lowest BCUT2D eigenvalue weighted by Gasteiger charge is -2.39. The molecular formula is C13H26N4O3S. The van der Waals surface area contributed by atoms with E-state index in [0.29, 0.717) is 19.0 Å². The Bertz CT molecular complexity index is 480. The lowest BCUT2D eigenvalue weighted by Crippen LogP contribution is -2.51. The van der Waals surface area contributed by atoms with Gasteiger partial charge in [0.15, 0.2) is 5.84 Å². The Morgan fingerprint density at radius 1 is 1.29 bits per heavy atom. The van der Waals surface area contributed by atoms with Gasteiger partial charge in [-0.15, -0.1) is 0 Å². The molecule has 0 amide bonds. The van der Waals surface area contributed by atoms with Crippen LogP contribution < -0.4 is 5.73 Å². The number of nitrogens with two attached hydrogens (primary N) is 1. The first-order valence-electron chi connectivity index (χ1n) is 7.58. The molecule has 2 rings (SSSR count). The highest BCUT2D eigenvalue weighted by atomic mass is 32.2. The van der Waals surface area contributed by atoms with Crippen LogP contribution in [0.5, 0.6) is 0 Å². The zero-order valence-electron chi connectivity index (χ0n) is 12.6. The van der Waals surface area contributed by atoms with E-state index in [2.05, 4.69) is 10.1 Å². The van der Waals surface area contributed by atoms with E-state index in [4.69, 9.17) is 10.9 Å². The molecule has 0 spiro atoms. The summed E-state index contributed by atoms with van der Waals surface area (Å²) in [5, 5.41) is 12.1. The third-order valence-corrected chi connectivity index (χ3v) is 5.78. The Morgan fingerprint density at radius 2 is 2.05 bits per heavy atom. The second-order valence-electron chi connectivity index (χ2n) is 6.16. The van der Waals surface area contributed by atoms with Crippen molar-refractivity contribution in [3.05, 3.63) is 0 Å². The van der Waals surface area contributed by atoms with E-state index in [1.807, 2.05) is 0 Å². The van der Waals surface area contributed by atoms with Crippen molar-refractivity contribution in [1.29, 1.82) is 0 Å². The van der Waals surface area contributed by atoms with Crippen LogP contribution in [0.1, 0.15) is 32.1 Å². The number of nitrogens with zero attached hydrogens (tertiary/aromatic N) is 3. The molecular weight excluding hydrogens is 292 g/mol. The molecule has 2 aliphatic heterocycles. The van der Waals surface area contributed by atoms with Gasteiger partial charge in [-0.3, -0.25) is 4.90 Å². The number of likely N-dealkylation sites (tertiary alicyclic amines) is 1. The molecule has 0 bridgehead atoms. The average Bonchev–Trinajstić information content (AvgIpc) is 2.46. The van der Waals surface area contributed by atoms with Crippen LogP contribution in [-0.4, -0.2) is 67.1 Å². The molecule has 2 saturated heterocycles. The standard InChI is InChI=1S/C13H26N4O3S/c1-21(19,20)17-8-4-5-11(10-17)9-16-7-3-2-6-12(16)13(14)15-18/h11-12,18H,2-10H2,1H3,(H2,14,15). The maximum atomic E-state index is 11.7. The van der Waals surface area contributed by atoms with Gasteiger partial charge in [-0.2, -0.15) is 0 Å². The van der Waals surface area contributed by atoms with Gasteiger partial charge in [0.05, 0.1) is 12.3 Å². The van der Waals surface area contributed by atoms with E-state index < -0.39 is 10.0 Å². The summed E-state index contributed by atoms with van der Waals surface area (Å²) in [6.07, 6.45) is 6.30. The number of piperidine rings is 2. The maximum Gasteiger partial charge on any atom is 0.211 e. The molecule has 8 heteroatoms. The van der Waals surface area contributed by atoms with Gasteiger partial charge in [-0.05, 0) is 38.1 Å². The normalized spacial score (nSPS) is 30.4. The minimum atomic E-state index is -3.11. The zero-order valence-corrected chi connectivity index (χ0v) is 13.4. The van der Waals surface area contributed by atoms with Crippen LogP contribution in [-0.2, 0) is 10.0 Å². The molecule has 0 radical (unpaired) electrons. The van der Waals surface area contributed by atoms with E-state index in [0.717, 1.165) is 45.2 Å². The number of sulfonamides is 1. The van der Waals surface area contributed by atoms with Gasteiger partial charge in [0.25, 0.3) is 0 Å². The Hall–Kier alpha value is -0.860. The summed E-state index contributed by atoms with van der Waals surface area (Å²) in [5.74, 6) is 0.589. The molecule has 7 nitrogen and oxygen atoms in total. The second-order valence-corrected chi connectivity index (χ2v) is 8.14. The van der Waals surface area contributed by atoms with E-state index in [1.54, 1.807) is 4.31 Å². The lowest BCUT2D eigenvalue weighted by atomic mass is 9.95. The second kappa shape index (κ2) is 6.93. The highest BCUT2D eigenvalue weighted by molar-refractivity contribution is 7.88. The molecule has 2 fully saturated rings. The summed E-state index contributed by atoms with van der Waals surface area (Å²) >= 11 is 0. The van der Waals surface area contributed by atoms with Crippen LogP contribution in [0.3, 0.4) is 0 Å². The van der Waals surface area contributed by atoms with Crippen molar-refractivity contribution in [3.63, 3.8) is 0 Å². The summed E-state index contributed by atoms with van der Waals surface area (Å²) in [6, 6.07) is -0.0163. The molecule has 0 aliphatic carbocycles. The van der Waals surface area contributed by atoms with Gasteiger partial charge >= 0.3 is 0 Å². The van der Waals surface area contributed by atoms with Gasteiger partial charge < -0.3 is 10.9 Å². The highest BCUT2D eigenvalue weighted by Crippen LogP contribution is 2.24. The van der Waals surface area contributed by atoms with Crippen LogP contribution in [0.15, 0.2) is 5.16 Å². The largest absolute Gasteiger partial charge is 0.409 e. The Labute approximate surface area is 126 Å². The summed E-state index contributed by atoms with van der Waals surface area (Å²) in [6.45, 7) is 2.94. The first-order valence-corrected chi connectivity index (χ1v) is 9.43. The number of hydrogen-bond donors (Lipinski definition) is 2. The molecule has 3 N–H and O–H groups in total. The van der Waals surface area contributed by atoms with Gasteiger partial charge in [0, 0.05) is 19.6 Å². The first-order chi connectivity index (χ1) is 9.91. The van der Waals surface area contributed by atoms with E-state index >= 15 is 0 Å². The van der Waals surface area contributed by atoms with Crippen LogP contribution in [0.25, 0.3) is 0 Å². The van der Waals surface area contributed by atoms with Crippen molar-refractivity contribution < 1.29 is 13.6 Å². The van der Waals surface area contributed by atoms with Crippen LogP contribution in [0, 0.1) is 5.92 Å². The fourth-order valence-corrected chi connectivity index (χ4v) is 4.36. The van der Waals surface area contributed by atoms with Crippen molar-refractivity contribution in [2.24, 2.45) is 16.8 Å². The Balaban J connectivity index is 1.99. The van der Waals surface area contributed by atoms with Crippen molar-refractivity contribution in [3.8, 4) is 0 Å². The van der Waals surface area contributed by atoms with Gasteiger partial charge in [-0.1, -0.05) is 11.6 Å². The average molecular weight is 318 g/mol. The van der Waals surface area contributed by atoms with Crippen molar-refractivity contribution in [1.82, 2.24) is 9.21 Å². The molecule has 2 atom stereocenters. The van der Waals surface area contributed by atoms with Crippen LogP contribution >= 0.6 is 0 Å². The maximum absolute atomic E-state index is 11.7. The minimum Gasteiger partial charge on any atom is -0.409 e. The summed E-state index contributed by atoms with van der Waals surface area (Å²) in [7, 11) is -3.11. The minimum absolute atomic E-state index is 0.0163. The molecule has 2 heterocycles. The number of rotatable bonds is 4. The molecule has 122 valence electrons.